The number of aromatic nitrogens is 5. The van der Waals surface area contributed by atoms with E-state index in [1.165, 1.54) is 15.2 Å². The predicted octanol–water partition coefficient (Wildman–Crippen LogP) is 1.37. The molecule has 9 heteroatoms. The van der Waals surface area contributed by atoms with Gasteiger partial charge in [0.2, 0.25) is 0 Å². The minimum atomic E-state index is -0.543. The number of nitrogens with zero attached hydrogens (tertiary/aromatic N) is 5. The van der Waals surface area contributed by atoms with Gasteiger partial charge in [-0.1, -0.05) is 12.1 Å². The van der Waals surface area contributed by atoms with Crippen LogP contribution in [0.25, 0.3) is 11.3 Å². The monoisotopic (exact) mass is 418 g/mol. The largest absolute Gasteiger partial charge is 0.391 e. The van der Waals surface area contributed by atoms with Crippen molar-refractivity contribution in [3.8, 4) is 5.69 Å². The van der Waals surface area contributed by atoms with Crippen molar-refractivity contribution in [1.82, 2.24) is 29.0 Å². The Morgan fingerprint density at radius 1 is 1.16 bits per heavy atom. The fraction of sp³-hybridized carbons (Fsp3) is 0.273. The number of aliphatic hydroxyl groups excluding tert-OH is 1. The molecule has 0 saturated heterocycles. The second-order valence-electron chi connectivity index (χ2n) is 7.77. The molecule has 1 aromatic carbocycles. The summed E-state index contributed by atoms with van der Waals surface area (Å²) in [5, 5.41) is 17.1. The van der Waals surface area contributed by atoms with Crippen LogP contribution in [0.3, 0.4) is 0 Å². The van der Waals surface area contributed by atoms with E-state index < -0.39 is 6.10 Å². The summed E-state index contributed by atoms with van der Waals surface area (Å²) < 4.78 is 4.63. The molecule has 158 valence electrons. The first-order valence-corrected chi connectivity index (χ1v) is 10.2. The topological polar surface area (TPSA) is 106 Å². The zero-order valence-corrected chi connectivity index (χ0v) is 16.8. The van der Waals surface area contributed by atoms with Crippen molar-refractivity contribution >= 4 is 11.6 Å². The first-order valence-electron chi connectivity index (χ1n) is 10.2. The van der Waals surface area contributed by atoms with Gasteiger partial charge in [-0.2, -0.15) is 5.10 Å². The predicted molar refractivity (Wildman–Crippen MR) is 113 cm³/mol. The number of fused-ring (bicyclic) bond motifs is 1. The minimum Gasteiger partial charge on any atom is -0.391 e. The molecule has 4 aromatic rings. The standard InChI is InChI=1S/C22H22N6O3/c29-19-4-1-3-18(19)25-21(30)17-14-26(22(31)27-12-10-23-20(17)27)13-15-5-7-16(8-6-15)28-11-2-9-24-28/h2,5-12,14,18-19,29H,1,3-4,13H2,(H,25,30)/t18-,19-/m0/s1. The fourth-order valence-corrected chi connectivity index (χ4v) is 4.06. The lowest BCUT2D eigenvalue weighted by molar-refractivity contribution is 0.0873. The van der Waals surface area contributed by atoms with Crippen LogP contribution in [0, 0.1) is 0 Å². The Hall–Kier alpha value is -3.72. The van der Waals surface area contributed by atoms with Crippen LogP contribution in [0.4, 0.5) is 0 Å². The molecule has 1 amide bonds. The summed E-state index contributed by atoms with van der Waals surface area (Å²) in [7, 11) is 0. The SMILES string of the molecule is O=C(N[C@H]1CCC[C@@H]1O)c1cn(Cc2ccc(-n3cccn3)cc2)c(=O)n2ccnc12. The Labute approximate surface area is 177 Å². The smallest absolute Gasteiger partial charge is 0.334 e. The first kappa shape index (κ1) is 19.3. The van der Waals surface area contributed by atoms with Crippen LogP contribution in [0.5, 0.6) is 0 Å². The van der Waals surface area contributed by atoms with Crippen molar-refractivity contribution in [2.75, 3.05) is 0 Å². The van der Waals surface area contributed by atoms with Gasteiger partial charge in [0.1, 0.15) is 0 Å². The van der Waals surface area contributed by atoms with Gasteiger partial charge in [-0.3, -0.25) is 13.8 Å². The Bertz CT molecular complexity index is 1270. The summed E-state index contributed by atoms with van der Waals surface area (Å²) in [6, 6.07) is 9.28. The molecule has 1 aliphatic rings. The van der Waals surface area contributed by atoms with E-state index in [0.29, 0.717) is 24.2 Å². The molecule has 0 radical (unpaired) electrons. The lowest BCUT2D eigenvalue weighted by Crippen LogP contribution is -2.41. The number of aliphatic hydroxyl groups is 1. The normalized spacial score (nSPS) is 18.5. The van der Waals surface area contributed by atoms with Crippen molar-refractivity contribution in [3.63, 3.8) is 0 Å². The van der Waals surface area contributed by atoms with Crippen molar-refractivity contribution in [2.24, 2.45) is 0 Å². The van der Waals surface area contributed by atoms with Crippen LogP contribution in [0.15, 0.2) is 66.1 Å². The molecule has 1 fully saturated rings. The van der Waals surface area contributed by atoms with Crippen molar-refractivity contribution in [2.45, 2.75) is 38.0 Å². The molecule has 5 rings (SSSR count). The molecule has 1 saturated carbocycles. The van der Waals surface area contributed by atoms with Crippen molar-refractivity contribution in [1.29, 1.82) is 0 Å². The summed E-state index contributed by atoms with van der Waals surface area (Å²) in [4.78, 5) is 30.1. The van der Waals surface area contributed by atoms with Crippen molar-refractivity contribution in [3.05, 3.63) is 82.9 Å². The van der Waals surface area contributed by atoms with Gasteiger partial charge in [0.15, 0.2) is 5.65 Å². The molecule has 9 nitrogen and oxygen atoms in total. The quantitative estimate of drug-likeness (QED) is 0.509. The molecule has 3 aromatic heterocycles. The number of rotatable bonds is 5. The maximum Gasteiger partial charge on any atom is 0.334 e. The molecule has 0 spiro atoms. The molecule has 0 aliphatic heterocycles. The van der Waals surface area contributed by atoms with Crippen LogP contribution in [0.1, 0.15) is 35.2 Å². The second-order valence-corrected chi connectivity index (χ2v) is 7.77. The van der Waals surface area contributed by atoms with E-state index in [4.69, 9.17) is 0 Å². The van der Waals surface area contributed by atoms with Gasteiger partial charge in [0.05, 0.1) is 29.9 Å². The van der Waals surface area contributed by atoms with E-state index in [0.717, 1.165) is 24.1 Å². The van der Waals surface area contributed by atoms with Crippen LogP contribution in [-0.4, -0.2) is 46.9 Å². The molecular weight excluding hydrogens is 396 g/mol. The van der Waals surface area contributed by atoms with Crippen LogP contribution in [-0.2, 0) is 6.54 Å². The van der Waals surface area contributed by atoms with Gasteiger partial charge < -0.3 is 10.4 Å². The van der Waals surface area contributed by atoms with Gasteiger partial charge in [-0.15, -0.1) is 0 Å². The van der Waals surface area contributed by atoms with E-state index in [1.807, 2.05) is 36.5 Å². The summed E-state index contributed by atoms with van der Waals surface area (Å²) >= 11 is 0. The Kier molecular flexibility index (Phi) is 4.87. The lowest BCUT2D eigenvalue weighted by Gasteiger charge is -2.17. The Morgan fingerprint density at radius 3 is 2.71 bits per heavy atom. The highest BCUT2D eigenvalue weighted by Gasteiger charge is 2.28. The van der Waals surface area contributed by atoms with Crippen LogP contribution < -0.4 is 11.0 Å². The number of amides is 1. The first-order chi connectivity index (χ1) is 15.1. The third kappa shape index (κ3) is 3.64. The molecule has 0 unspecified atom stereocenters. The number of imidazole rings is 1. The maximum atomic E-state index is 12.9. The highest BCUT2D eigenvalue weighted by atomic mass is 16.3. The lowest BCUT2D eigenvalue weighted by atomic mass is 10.2. The van der Waals surface area contributed by atoms with Gasteiger partial charge in [-0.05, 0) is 43.0 Å². The number of carbonyl (C=O) groups excluding carboxylic acids is 1. The summed E-state index contributed by atoms with van der Waals surface area (Å²) in [5.74, 6) is -0.343. The summed E-state index contributed by atoms with van der Waals surface area (Å²) in [6.07, 6.45) is 9.92. The highest BCUT2D eigenvalue weighted by molar-refractivity contribution is 5.99. The zero-order valence-electron chi connectivity index (χ0n) is 16.8. The zero-order chi connectivity index (χ0) is 21.4. The van der Waals surface area contributed by atoms with Gasteiger partial charge in [0, 0.05) is 31.0 Å². The molecule has 2 atom stereocenters. The van der Waals surface area contributed by atoms with E-state index >= 15 is 0 Å². The van der Waals surface area contributed by atoms with Crippen LogP contribution in [0.2, 0.25) is 0 Å². The number of carbonyl (C=O) groups is 1. The fourth-order valence-electron chi connectivity index (χ4n) is 4.06. The number of benzene rings is 1. The van der Waals surface area contributed by atoms with Gasteiger partial charge in [-0.25, -0.2) is 14.5 Å². The second kappa shape index (κ2) is 7.84. The molecular formula is C22H22N6O3. The van der Waals surface area contributed by atoms with E-state index in [9.17, 15) is 14.7 Å². The number of nitrogens with one attached hydrogen (secondary N) is 1. The number of hydrogen-bond acceptors (Lipinski definition) is 5. The Morgan fingerprint density at radius 2 is 2.00 bits per heavy atom. The molecule has 2 N–H and O–H groups in total. The average Bonchev–Trinajstić information content (AvgIpc) is 3.53. The highest BCUT2D eigenvalue weighted by Crippen LogP contribution is 2.20. The van der Waals surface area contributed by atoms with Crippen molar-refractivity contribution < 1.29 is 9.90 Å². The third-order valence-electron chi connectivity index (χ3n) is 5.72. The molecule has 1 aliphatic carbocycles. The van der Waals surface area contributed by atoms with Gasteiger partial charge in [0.25, 0.3) is 5.91 Å². The summed E-state index contributed by atoms with van der Waals surface area (Å²) in [5.41, 5.74) is 2.16. The van der Waals surface area contributed by atoms with Gasteiger partial charge >= 0.3 is 5.69 Å². The molecule has 3 heterocycles. The van der Waals surface area contributed by atoms with E-state index in [2.05, 4.69) is 15.4 Å². The maximum absolute atomic E-state index is 12.9. The molecule has 0 bridgehead atoms. The van der Waals surface area contributed by atoms with Crippen LogP contribution >= 0.6 is 0 Å². The Balaban J connectivity index is 1.45. The van der Waals surface area contributed by atoms with E-state index in [1.54, 1.807) is 23.3 Å². The van der Waals surface area contributed by atoms with E-state index in [-0.39, 0.29) is 17.6 Å². The minimum absolute atomic E-state index is 0.277. The molecule has 31 heavy (non-hydrogen) atoms. The number of hydrogen-bond donors (Lipinski definition) is 2. The third-order valence-corrected chi connectivity index (χ3v) is 5.72. The summed E-state index contributed by atoms with van der Waals surface area (Å²) in [6.45, 7) is 0.304. The average molecular weight is 418 g/mol.